The van der Waals surface area contributed by atoms with Crippen molar-refractivity contribution in [3.05, 3.63) is 77.0 Å². The summed E-state index contributed by atoms with van der Waals surface area (Å²) in [5.74, 6) is 0.715. The standard InChI is InChI=1S/C23H22FN5O2/c1-14-21-22(29(2)13-20(30)28-21)27-19(25-14)12-5-15-3-10-18(11-4-15)26-23(31)16-6-8-17(24)9-7-16/h3-4,6-11H,5,12-13H2,1-2H3,(H,26,31)(H,28,30). The molecule has 7 nitrogen and oxygen atoms in total. The molecule has 1 aliphatic heterocycles. The molecule has 1 aliphatic rings. The molecule has 0 spiro atoms. The first-order chi connectivity index (χ1) is 14.9. The third-order valence-corrected chi connectivity index (χ3v) is 5.08. The minimum Gasteiger partial charge on any atom is -0.349 e. The van der Waals surface area contributed by atoms with Crippen molar-refractivity contribution in [2.75, 3.05) is 29.1 Å². The molecule has 0 aliphatic carbocycles. The van der Waals surface area contributed by atoms with Gasteiger partial charge in [0.25, 0.3) is 5.91 Å². The maximum Gasteiger partial charge on any atom is 0.255 e. The number of carbonyl (C=O) groups excluding carboxylic acids is 2. The summed E-state index contributed by atoms with van der Waals surface area (Å²) in [6.07, 6.45) is 1.39. The highest BCUT2D eigenvalue weighted by atomic mass is 19.1. The number of hydrogen-bond acceptors (Lipinski definition) is 5. The first kappa shape index (κ1) is 20.5. The highest BCUT2D eigenvalue weighted by Gasteiger charge is 2.23. The van der Waals surface area contributed by atoms with Crippen LogP contribution < -0.4 is 15.5 Å². The fraction of sp³-hybridized carbons (Fsp3) is 0.217. The molecular weight excluding hydrogens is 397 g/mol. The smallest absolute Gasteiger partial charge is 0.255 e. The molecule has 4 rings (SSSR count). The summed E-state index contributed by atoms with van der Waals surface area (Å²) in [7, 11) is 1.84. The first-order valence-electron chi connectivity index (χ1n) is 9.93. The van der Waals surface area contributed by atoms with Gasteiger partial charge in [-0.2, -0.15) is 0 Å². The second-order valence-corrected chi connectivity index (χ2v) is 7.49. The topological polar surface area (TPSA) is 87.2 Å². The van der Waals surface area contributed by atoms with E-state index in [1.165, 1.54) is 24.3 Å². The molecule has 0 fully saturated rings. The summed E-state index contributed by atoms with van der Waals surface area (Å²) in [5.41, 5.74) is 3.56. The quantitative estimate of drug-likeness (QED) is 0.662. The van der Waals surface area contributed by atoms with Crippen LogP contribution in [0.2, 0.25) is 0 Å². The maximum atomic E-state index is 13.0. The zero-order chi connectivity index (χ0) is 22.0. The molecular formula is C23H22FN5O2. The van der Waals surface area contributed by atoms with Gasteiger partial charge in [0.15, 0.2) is 5.82 Å². The molecule has 0 bridgehead atoms. The molecule has 0 saturated heterocycles. The minimum absolute atomic E-state index is 0.0685. The Morgan fingerprint density at radius 3 is 2.52 bits per heavy atom. The summed E-state index contributed by atoms with van der Waals surface area (Å²) in [5, 5.41) is 5.64. The van der Waals surface area contributed by atoms with Gasteiger partial charge in [-0.15, -0.1) is 0 Å². The van der Waals surface area contributed by atoms with E-state index in [0.717, 1.165) is 23.5 Å². The Morgan fingerprint density at radius 2 is 1.81 bits per heavy atom. The third kappa shape index (κ3) is 4.69. The van der Waals surface area contributed by atoms with E-state index in [1.807, 2.05) is 43.1 Å². The number of fused-ring (bicyclic) bond motifs is 1. The molecule has 0 atom stereocenters. The normalized spacial score (nSPS) is 12.9. The van der Waals surface area contributed by atoms with Crippen LogP contribution >= 0.6 is 0 Å². The van der Waals surface area contributed by atoms with Crippen molar-refractivity contribution in [2.24, 2.45) is 0 Å². The van der Waals surface area contributed by atoms with Gasteiger partial charge in [-0.25, -0.2) is 14.4 Å². The van der Waals surface area contributed by atoms with E-state index < -0.39 is 0 Å². The lowest BCUT2D eigenvalue weighted by atomic mass is 10.1. The van der Waals surface area contributed by atoms with Gasteiger partial charge >= 0.3 is 0 Å². The largest absolute Gasteiger partial charge is 0.349 e. The lowest BCUT2D eigenvalue weighted by molar-refractivity contribution is -0.115. The fourth-order valence-corrected chi connectivity index (χ4v) is 3.43. The lowest BCUT2D eigenvalue weighted by Crippen LogP contribution is -2.37. The number of aryl methyl sites for hydroxylation is 3. The van der Waals surface area contributed by atoms with Crippen molar-refractivity contribution in [3.8, 4) is 0 Å². The molecule has 1 aromatic heterocycles. The van der Waals surface area contributed by atoms with Crippen LogP contribution in [0.5, 0.6) is 0 Å². The average molecular weight is 419 g/mol. The van der Waals surface area contributed by atoms with E-state index in [9.17, 15) is 14.0 Å². The van der Waals surface area contributed by atoms with E-state index >= 15 is 0 Å². The summed E-state index contributed by atoms with van der Waals surface area (Å²) < 4.78 is 13.0. The number of aromatic nitrogens is 2. The third-order valence-electron chi connectivity index (χ3n) is 5.08. The number of nitrogens with zero attached hydrogens (tertiary/aromatic N) is 3. The molecule has 158 valence electrons. The predicted molar refractivity (Wildman–Crippen MR) is 117 cm³/mol. The molecule has 31 heavy (non-hydrogen) atoms. The van der Waals surface area contributed by atoms with Crippen molar-refractivity contribution in [1.29, 1.82) is 0 Å². The molecule has 2 heterocycles. The Morgan fingerprint density at radius 1 is 1.10 bits per heavy atom. The van der Waals surface area contributed by atoms with Crippen LogP contribution in [0.3, 0.4) is 0 Å². The summed E-state index contributed by atoms with van der Waals surface area (Å²) in [6.45, 7) is 2.13. The molecule has 0 radical (unpaired) electrons. The van der Waals surface area contributed by atoms with Crippen molar-refractivity contribution < 1.29 is 14.0 Å². The second kappa shape index (κ2) is 8.51. The van der Waals surface area contributed by atoms with Gasteiger partial charge in [0.05, 0.1) is 12.2 Å². The van der Waals surface area contributed by atoms with Crippen LogP contribution in [-0.2, 0) is 17.6 Å². The van der Waals surface area contributed by atoms with Gasteiger partial charge in [0, 0.05) is 24.7 Å². The van der Waals surface area contributed by atoms with E-state index in [1.54, 1.807) is 0 Å². The number of rotatable bonds is 5. The highest BCUT2D eigenvalue weighted by molar-refractivity contribution is 6.04. The van der Waals surface area contributed by atoms with Gasteiger partial charge in [0.2, 0.25) is 5.91 Å². The minimum atomic E-state index is -0.379. The molecule has 3 aromatic rings. The van der Waals surface area contributed by atoms with Gasteiger partial charge < -0.3 is 15.5 Å². The molecule has 2 N–H and O–H groups in total. The Hall–Kier alpha value is -3.81. The predicted octanol–water partition coefficient (Wildman–Crippen LogP) is 3.35. The fourth-order valence-electron chi connectivity index (χ4n) is 3.43. The van der Waals surface area contributed by atoms with Gasteiger partial charge in [-0.05, 0) is 55.3 Å². The average Bonchev–Trinajstić information content (AvgIpc) is 2.74. The van der Waals surface area contributed by atoms with Crippen LogP contribution in [0.25, 0.3) is 0 Å². The molecule has 8 heteroatoms. The van der Waals surface area contributed by atoms with Crippen LogP contribution in [-0.4, -0.2) is 35.4 Å². The van der Waals surface area contributed by atoms with Gasteiger partial charge in [0.1, 0.15) is 17.3 Å². The SMILES string of the molecule is Cc1nc(CCc2ccc(NC(=O)c3ccc(F)cc3)cc2)nc2c1NC(=O)CN2C. The zero-order valence-corrected chi connectivity index (χ0v) is 17.3. The molecule has 0 saturated carbocycles. The molecule has 2 amide bonds. The van der Waals surface area contributed by atoms with E-state index in [4.69, 9.17) is 0 Å². The van der Waals surface area contributed by atoms with Crippen LogP contribution in [0.15, 0.2) is 48.5 Å². The van der Waals surface area contributed by atoms with Crippen LogP contribution in [0, 0.1) is 12.7 Å². The lowest BCUT2D eigenvalue weighted by Gasteiger charge is -2.27. The van der Waals surface area contributed by atoms with E-state index in [2.05, 4.69) is 20.6 Å². The monoisotopic (exact) mass is 419 g/mol. The van der Waals surface area contributed by atoms with Crippen molar-refractivity contribution >= 4 is 29.0 Å². The summed E-state index contributed by atoms with van der Waals surface area (Å²) in [6, 6.07) is 13.0. The van der Waals surface area contributed by atoms with Crippen LogP contribution in [0.4, 0.5) is 21.6 Å². The van der Waals surface area contributed by atoms with E-state index in [0.29, 0.717) is 29.2 Å². The number of carbonyl (C=O) groups is 2. The van der Waals surface area contributed by atoms with E-state index in [-0.39, 0.29) is 24.2 Å². The van der Waals surface area contributed by atoms with Gasteiger partial charge in [-0.1, -0.05) is 12.1 Å². The highest BCUT2D eigenvalue weighted by Crippen LogP contribution is 2.28. The van der Waals surface area contributed by atoms with Crippen molar-refractivity contribution in [3.63, 3.8) is 0 Å². The Kier molecular flexibility index (Phi) is 5.62. The number of nitrogens with one attached hydrogen (secondary N) is 2. The summed E-state index contributed by atoms with van der Waals surface area (Å²) >= 11 is 0. The zero-order valence-electron chi connectivity index (χ0n) is 17.3. The van der Waals surface area contributed by atoms with Crippen LogP contribution in [0.1, 0.15) is 27.4 Å². The van der Waals surface area contributed by atoms with Crippen molar-refractivity contribution in [2.45, 2.75) is 19.8 Å². The molecule has 0 unspecified atom stereocenters. The Bertz CT molecular complexity index is 1130. The Labute approximate surface area is 179 Å². The number of amides is 2. The van der Waals surface area contributed by atoms with Crippen molar-refractivity contribution in [1.82, 2.24) is 9.97 Å². The number of anilines is 3. The molecule has 2 aromatic carbocycles. The first-order valence-corrected chi connectivity index (χ1v) is 9.93. The Balaban J connectivity index is 1.39. The number of halogens is 1. The second-order valence-electron chi connectivity index (χ2n) is 7.49. The number of benzene rings is 2. The maximum absolute atomic E-state index is 13.0. The number of likely N-dealkylation sites (N-methyl/N-ethyl adjacent to an activating group) is 1. The summed E-state index contributed by atoms with van der Waals surface area (Å²) in [4.78, 5) is 34.9. The van der Waals surface area contributed by atoms with Gasteiger partial charge in [-0.3, -0.25) is 9.59 Å². The number of hydrogen-bond donors (Lipinski definition) is 2.